The van der Waals surface area contributed by atoms with Crippen LogP contribution in [0.15, 0.2) is 50.3 Å². The number of pyridine rings is 1. The van der Waals surface area contributed by atoms with Crippen molar-refractivity contribution in [2.75, 3.05) is 5.73 Å². The SMILES string of the molecule is Cc1cc2ccc(N)cc2n(C(=O)c2ccc(Br)o2)c1=O. The monoisotopic (exact) mass is 346 g/mol. The van der Waals surface area contributed by atoms with E-state index < -0.39 is 5.91 Å². The third kappa shape index (κ3) is 2.27. The fraction of sp³-hybridized carbons (Fsp3) is 0.0667. The molecule has 0 aliphatic heterocycles. The fourth-order valence-electron chi connectivity index (χ4n) is 2.20. The summed E-state index contributed by atoms with van der Waals surface area (Å²) in [5, 5.41) is 0.764. The molecule has 0 amide bonds. The number of furan rings is 1. The number of anilines is 1. The van der Waals surface area contributed by atoms with E-state index in [1.807, 2.05) is 0 Å². The Labute approximate surface area is 128 Å². The number of hydrogen-bond donors (Lipinski definition) is 1. The molecule has 21 heavy (non-hydrogen) atoms. The van der Waals surface area contributed by atoms with Crippen LogP contribution in [0.1, 0.15) is 16.1 Å². The summed E-state index contributed by atoms with van der Waals surface area (Å²) < 4.78 is 6.77. The average molecular weight is 347 g/mol. The number of benzene rings is 1. The van der Waals surface area contributed by atoms with Crippen LogP contribution in [0.3, 0.4) is 0 Å². The Kier molecular flexibility index (Phi) is 3.17. The molecule has 0 aliphatic rings. The van der Waals surface area contributed by atoms with E-state index in [-0.39, 0.29) is 11.3 Å². The van der Waals surface area contributed by atoms with Gasteiger partial charge in [-0.3, -0.25) is 9.59 Å². The Morgan fingerprint density at radius 1 is 1.24 bits per heavy atom. The van der Waals surface area contributed by atoms with Gasteiger partial charge in [0.15, 0.2) is 10.4 Å². The summed E-state index contributed by atoms with van der Waals surface area (Å²) in [5.74, 6) is -0.441. The predicted octanol–water partition coefficient (Wildman–Crippen LogP) is 2.94. The van der Waals surface area contributed by atoms with Crippen LogP contribution in [-0.4, -0.2) is 10.5 Å². The summed E-state index contributed by atoms with van der Waals surface area (Å²) in [5.41, 5.74) is 6.80. The van der Waals surface area contributed by atoms with Gasteiger partial charge >= 0.3 is 5.91 Å². The van der Waals surface area contributed by atoms with Crippen LogP contribution < -0.4 is 11.3 Å². The summed E-state index contributed by atoms with van der Waals surface area (Å²) in [6.45, 7) is 1.67. The molecule has 3 aromatic rings. The first-order chi connectivity index (χ1) is 9.97. The molecule has 0 aliphatic carbocycles. The van der Waals surface area contributed by atoms with Crippen LogP contribution in [-0.2, 0) is 0 Å². The van der Waals surface area contributed by atoms with Gasteiger partial charge in [-0.05, 0) is 58.6 Å². The molecular formula is C15H11BrN2O3. The zero-order valence-corrected chi connectivity index (χ0v) is 12.7. The first-order valence-corrected chi connectivity index (χ1v) is 6.98. The van der Waals surface area contributed by atoms with Crippen molar-refractivity contribution in [1.29, 1.82) is 0 Å². The highest BCUT2D eigenvalue weighted by atomic mass is 79.9. The standard InChI is InChI=1S/C15H11BrN2O3/c1-8-6-9-2-3-10(17)7-11(9)18(14(8)19)15(20)12-4-5-13(16)21-12/h2-7H,17H2,1H3. The predicted molar refractivity (Wildman–Crippen MR) is 83.5 cm³/mol. The summed E-state index contributed by atoms with van der Waals surface area (Å²) in [4.78, 5) is 24.9. The highest BCUT2D eigenvalue weighted by Crippen LogP contribution is 2.20. The van der Waals surface area contributed by atoms with E-state index in [9.17, 15) is 9.59 Å². The van der Waals surface area contributed by atoms with Crippen molar-refractivity contribution < 1.29 is 9.21 Å². The van der Waals surface area contributed by atoms with Gasteiger partial charge < -0.3 is 10.2 Å². The van der Waals surface area contributed by atoms with Crippen LogP contribution in [0.25, 0.3) is 10.9 Å². The minimum absolute atomic E-state index is 0.0818. The first-order valence-electron chi connectivity index (χ1n) is 6.19. The molecule has 1 aromatic carbocycles. The summed E-state index contributed by atoms with van der Waals surface area (Å²) in [7, 11) is 0. The molecule has 0 saturated carbocycles. The fourth-order valence-corrected chi connectivity index (χ4v) is 2.50. The van der Waals surface area contributed by atoms with Crippen LogP contribution in [0.5, 0.6) is 0 Å². The number of aromatic nitrogens is 1. The second kappa shape index (κ2) is 4.89. The molecule has 0 atom stereocenters. The first kappa shape index (κ1) is 13.6. The Bertz CT molecular complexity index is 924. The number of carbonyl (C=O) groups excluding carboxylic acids is 1. The zero-order valence-electron chi connectivity index (χ0n) is 11.1. The second-order valence-corrected chi connectivity index (χ2v) is 5.48. The van der Waals surface area contributed by atoms with E-state index in [4.69, 9.17) is 10.2 Å². The van der Waals surface area contributed by atoms with Gasteiger partial charge in [-0.1, -0.05) is 6.07 Å². The molecule has 0 bridgehead atoms. The van der Waals surface area contributed by atoms with Crippen LogP contribution >= 0.6 is 15.9 Å². The van der Waals surface area contributed by atoms with Crippen molar-refractivity contribution in [3.8, 4) is 0 Å². The third-order valence-corrected chi connectivity index (χ3v) is 3.62. The van der Waals surface area contributed by atoms with Gasteiger partial charge in [-0.25, -0.2) is 4.57 Å². The largest absolute Gasteiger partial charge is 0.444 e. The van der Waals surface area contributed by atoms with Crippen molar-refractivity contribution in [2.45, 2.75) is 6.92 Å². The summed E-state index contributed by atoms with van der Waals surface area (Å²) in [6.07, 6.45) is 0. The summed E-state index contributed by atoms with van der Waals surface area (Å²) >= 11 is 3.14. The maximum absolute atomic E-state index is 12.6. The van der Waals surface area contributed by atoms with E-state index in [1.165, 1.54) is 6.07 Å². The lowest BCUT2D eigenvalue weighted by Crippen LogP contribution is -2.29. The van der Waals surface area contributed by atoms with Gasteiger partial charge in [0.05, 0.1) is 5.52 Å². The van der Waals surface area contributed by atoms with Crippen LogP contribution in [0.2, 0.25) is 0 Å². The van der Waals surface area contributed by atoms with E-state index >= 15 is 0 Å². The topological polar surface area (TPSA) is 78.2 Å². The van der Waals surface area contributed by atoms with Crippen LogP contribution in [0, 0.1) is 6.92 Å². The number of nitrogens with zero attached hydrogens (tertiary/aromatic N) is 1. The maximum atomic E-state index is 12.6. The van der Waals surface area contributed by atoms with Gasteiger partial charge in [0.1, 0.15) is 0 Å². The minimum atomic E-state index is -0.523. The second-order valence-electron chi connectivity index (χ2n) is 4.70. The Hall–Kier alpha value is -2.34. The molecule has 5 nitrogen and oxygen atoms in total. The Balaban J connectivity index is 2.35. The lowest BCUT2D eigenvalue weighted by atomic mass is 10.1. The Morgan fingerprint density at radius 2 is 2.00 bits per heavy atom. The molecule has 0 saturated heterocycles. The van der Waals surface area contributed by atoms with Crippen molar-refractivity contribution in [2.24, 2.45) is 0 Å². The van der Waals surface area contributed by atoms with Gasteiger partial charge in [-0.2, -0.15) is 0 Å². The normalized spacial score (nSPS) is 11.0. The molecule has 0 radical (unpaired) electrons. The number of nitrogen functional groups attached to an aromatic ring is 1. The highest BCUT2D eigenvalue weighted by Gasteiger charge is 2.18. The van der Waals surface area contributed by atoms with E-state index in [0.717, 1.165) is 9.95 Å². The minimum Gasteiger partial charge on any atom is -0.444 e. The molecule has 2 N–H and O–H groups in total. The Morgan fingerprint density at radius 3 is 2.67 bits per heavy atom. The van der Waals surface area contributed by atoms with E-state index in [2.05, 4.69) is 15.9 Å². The molecule has 6 heteroatoms. The van der Waals surface area contributed by atoms with Gasteiger partial charge in [-0.15, -0.1) is 0 Å². The number of nitrogens with two attached hydrogens (primary N) is 1. The number of hydrogen-bond acceptors (Lipinski definition) is 4. The third-order valence-electron chi connectivity index (χ3n) is 3.19. The molecule has 0 fully saturated rings. The van der Waals surface area contributed by atoms with Gasteiger partial charge in [0.2, 0.25) is 0 Å². The molecule has 2 aromatic heterocycles. The zero-order chi connectivity index (χ0) is 15.1. The van der Waals surface area contributed by atoms with Crippen molar-refractivity contribution in [3.63, 3.8) is 0 Å². The van der Waals surface area contributed by atoms with Crippen molar-refractivity contribution in [1.82, 2.24) is 4.57 Å². The smallest absolute Gasteiger partial charge is 0.301 e. The van der Waals surface area contributed by atoms with Crippen LogP contribution in [0.4, 0.5) is 5.69 Å². The summed E-state index contributed by atoms with van der Waals surface area (Å²) in [6, 6.07) is 9.96. The highest BCUT2D eigenvalue weighted by molar-refractivity contribution is 9.10. The number of halogens is 1. The number of carbonyl (C=O) groups is 1. The average Bonchev–Trinajstić information content (AvgIpc) is 2.87. The lowest BCUT2D eigenvalue weighted by Gasteiger charge is -2.09. The van der Waals surface area contributed by atoms with E-state index in [0.29, 0.717) is 21.4 Å². The maximum Gasteiger partial charge on any atom is 0.301 e. The number of aryl methyl sites for hydroxylation is 1. The molecule has 106 valence electrons. The van der Waals surface area contributed by atoms with E-state index in [1.54, 1.807) is 37.3 Å². The van der Waals surface area contributed by atoms with Gasteiger partial charge in [0, 0.05) is 11.3 Å². The molecule has 3 rings (SSSR count). The number of fused-ring (bicyclic) bond motifs is 1. The van der Waals surface area contributed by atoms with Crippen molar-refractivity contribution in [3.05, 3.63) is 62.7 Å². The molecule has 0 spiro atoms. The molecular weight excluding hydrogens is 336 g/mol. The molecule has 0 unspecified atom stereocenters. The van der Waals surface area contributed by atoms with Gasteiger partial charge in [0.25, 0.3) is 5.56 Å². The quantitative estimate of drug-likeness (QED) is 0.687. The lowest BCUT2D eigenvalue weighted by molar-refractivity contribution is 0.0932. The number of rotatable bonds is 1. The van der Waals surface area contributed by atoms with Crippen molar-refractivity contribution >= 4 is 38.4 Å². The molecule has 2 heterocycles.